The van der Waals surface area contributed by atoms with Crippen LogP contribution in [0, 0.1) is 0 Å². The Morgan fingerprint density at radius 3 is 2.54 bits per heavy atom. The van der Waals surface area contributed by atoms with Crippen molar-refractivity contribution in [3.63, 3.8) is 0 Å². The van der Waals surface area contributed by atoms with Crippen molar-refractivity contribution in [1.82, 2.24) is 5.32 Å². The molecule has 0 amide bonds. The van der Waals surface area contributed by atoms with Crippen LogP contribution in [0.15, 0.2) is 88.6 Å². The summed E-state index contributed by atoms with van der Waals surface area (Å²) < 4.78 is 17.0. The maximum atomic E-state index is 13.8. The van der Waals surface area contributed by atoms with Gasteiger partial charge >= 0.3 is 5.97 Å². The van der Waals surface area contributed by atoms with Gasteiger partial charge in [0.05, 0.1) is 25.7 Å². The molecule has 0 bridgehead atoms. The van der Waals surface area contributed by atoms with E-state index in [0.717, 1.165) is 11.3 Å². The van der Waals surface area contributed by atoms with Crippen molar-refractivity contribution in [3.8, 4) is 11.5 Å². The van der Waals surface area contributed by atoms with Crippen molar-refractivity contribution in [3.05, 3.63) is 105 Å². The fourth-order valence-corrected chi connectivity index (χ4v) is 6.04. The van der Waals surface area contributed by atoms with Crippen LogP contribution in [0.25, 0.3) is 0 Å². The molecule has 0 fully saturated rings. The van der Waals surface area contributed by atoms with Gasteiger partial charge in [0.1, 0.15) is 18.1 Å². The summed E-state index contributed by atoms with van der Waals surface area (Å²) in [4.78, 5) is 28.6. The lowest BCUT2D eigenvalue weighted by atomic mass is 9.72. The molecule has 1 aromatic heterocycles. The fourth-order valence-electron chi connectivity index (χ4n) is 5.21. The molecule has 0 saturated carbocycles. The summed E-state index contributed by atoms with van der Waals surface area (Å²) in [5.74, 6) is 0.207. The first kappa shape index (κ1) is 24.8. The summed E-state index contributed by atoms with van der Waals surface area (Å²) in [5.41, 5.74) is 4.11. The van der Waals surface area contributed by atoms with Crippen LogP contribution in [0.3, 0.4) is 0 Å². The van der Waals surface area contributed by atoms with E-state index in [0.29, 0.717) is 46.7 Å². The van der Waals surface area contributed by atoms with Crippen LogP contribution in [0.2, 0.25) is 0 Å². The van der Waals surface area contributed by atoms with E-state index in [2.05, 4.69) is 11.4 Å². The van der Waals surface area contributed by atoms with E-state index in [1.807, 2.05) is 54.8 Å². The summed E-state index contributed by atoms with van der Waals surface area (Å²) >= 11 is 1.66. The number of methoxy groups -OCH3 is 2. The van der Waals surface area contributed by atoms with Crippen LogP contribution in [0.4, 0.5) is 0 Å². The van der Waals surface area contributed by atoms with Gasteiger partial charge in [-0.2, -0.15) is 0 Å². The summed E-state index contributed by atoms with van der Waals surface area (Å²) in [7, 11) is 3.17. The zero-order valence-electron chi connectivity index (χ0n) is 21.1. The maximum Gasteiger partial charge on any atom is 0.337 e. The summed E-state index contributed by atoms with van der Waals surface area (Å²) in [6, 6.07) is 19.1. The quantitative estimate of drug-likeness (QED) is 0.397. The molecule has 190 valence electrons. The van der Waals surface area contributed by atoms with Crippen molar-refractivity contribution in [2.75, 3.05) is 14.2 Å². The molecule has 2 heterocycles. The summed E-state index contributed by atoms with van der Waals surface area (Å²) in [5, 5.41) is 5.44. The molecule has 2 aromatic carbocycles. The Kier molecular flexibility index (Phi) is 7.15. The predicted octanol–water partition coefficient (Wildman–Crippen LogP) is 5.87. The van der Waals surface area contributed by atoms with Gasteiger partial charge in [-0.05, 0) is 48.6 Å². The first-order valence-electron chi connectivity index (χ1n) is 12.2. The average Bonchev–Trinajstić information content (AvgIpc) is 3.46. The molecule has 0 spiro atoms. The van der Waals surface area contributed by atoms with E-state index >= 15 is 0 Å². The summed E-state index contributed by atoms with van der Waals surface area (Å²) in [6.45, 7) is 2.00. The molecule has 37 heavy (non-hydrogen) atoms. The van der Waals surface area contributed by atoms with Gasteiger partial charge in [0, 0.05) is 39.7 Å². The fraction of sp³-hybridized carbons (Fsp3) is 0.267. The standard InChI is InChI=1S/C30H29NO5S/c1-18-27(30(33)36-17-19-8-5-4-6-9-19)28(22-16-21(34-2)11-12-25(22)35-3)29-23(31-18)14-20(15-24(29)32)26-10-7-13-37-26/h4-13,16,20,28,31H,14-15,17H2,1-3H3. The van der Waals surface area contributed by atoms with Gasteiger partial charge in [0.25, 0.3) is 0 Å². The highest BCUT2D eigenvalue weighted by molar-refractivity contribution is 7.10. The van der Waals surface area contributed by atoms with E-state index < -0.39 is 11.9 Å². The van der Waals surface area contributed by atoms with Gasteiger partial charge in [-0.3, -0.25) is 4.79 Å². The number of Topliss-reactive ketones (excluding diaryl/α,β-unsaturated/α-hetero) is 1. The molecule has 2 unspecified atom stereocenters. The average molecular weight is 516 g/mol. The number of hydrogen-bond acceptors (Lipinski definition) is 7. The molecule has 3 aromatic rings. The molecule has 1 N–H and O–H groups in total. The first-order valence-corrected chi connectivity index (χ1v) is 13.1. The third-order valence-electron chi connectivity index (χ3n) is 6.95. The number of dihydropyridines is 1. The van der Waals surface area contributed by atoms with Crippen LogP contribution < -0.4 is 14.8 Å². The Labute approximate surface area is 220 Å². The number of allylic oxidation sites excluding steroid dienone is 3. The smallest absolute Gasteiger partial charge is 0.337 e. The molecule has 7 heteroatoms. The Morgan fingerprint density at radius 2 is 1.84 bits per heavy atom. The second-order valence-corrected chi connectivity index (χ2v) is 10.2. The van der Waals surface area contributed by atoms with Crippen molar-refractivity contribution in [1.29, 1.82) is 0 Å². The minimum Gasteiger partial charge on any atom is -0.497 e. The predicted molar refractivity (Wildman–Crippen MR) is 143 cm³/mol. The molecule has 5 rings (SSSR count). The van der Waals surface area contributed by atoms with Crippen LogP contribution in [0.5, 0.6) is 11.5 Å². The molecule has 0 radical (unpaired) electrons. The number of carbonyl (C=O) groups excluding carboxylic acids is 2. The molecule has 2 aliphatic rings. The first-order chi connectivity index (χ1) is 18.0. The third kappa shape index (κ3) is 4.91. The number of hydrogen-bond donors (Lipinski definition) is 1. The van der Waals surface area contributed by atoms with E-state index in [1.165, 1.54) is 4.88 Å². The van der Waals surface area contributed by atoms with Crippen molar-refractivity contribution >= 4 is 23.1 Å². The number of esters is 1. The maximum absolute atomic E-state index is 13.8. The highest BCUT2D eigenvalue weighted by atomic mass is 32.1. The Hall–Kier alpha value is -3.84. The molecule has 1 aliphatic carbocycles. The van der Waals surface area contributed by atoms with Crippen LogP contribution >= 0.6 is 11.3 Å². The van der Waals surface area contributed by atoms with Crippen LogP contribution in [0.1, 0.15) is 47.6 Å². The monoisotopic (exact) mass is 515 g/mol. The number of rotatable bonds is 7. The zero-order valence-corrected chi connectivity index (χ0v) is 21.9. The second-order valence-electron chi connectivity index (χ2n) is 9.20. The van der Waals surface area contributed by atoms with Gasteiger partial charge in [-0.25, -0.2) is 4.79 Å². The highest BCUT2D eigenvalue weighted by Crippen LogP contribution is 2.48. The Balaban J connectivity index is 1.58. The molecule has 6 nitrogen and oxygen atoms in total. The minimum absolute atomic E-state index is 0.0166. The lowest BCUT2D eigenvalue weighted by molar-refractivity contribution is -0.140. The SMILES string of the molecule is COc1ccc(OC)c(C2C(C(=O)OCc3ccccc3)=C(C)NC3=C2C(=O)CC(c2cccs2)C3)c1. The summed E-state index contributed by atoms with van der Waals surface area (Å²) in [6.07, 6.45) is 1.07. The molecule has 0 saturated heterocycles. The van der Waals surface area contributed by atoms with Crippen molar-refractivity contribution in [2.24, 2.45) is 0 Å². The van der Waals surface area contributed by atoms with E-state index in [1.54, 1.807) is 37.7 Å². The normalized spacial score (nSPS) is 19.3. The number of thiophene rings is 1. The molecule has 1 aliphatic heterocycles. The number of nitrogens with one attached hydrogen (secondary N) is 1. The van der Waals surface area contributed by atoms with Gasteiger partial charge in [0.15, 0.2) is 5.78 Å². The molecular formula is C30H29NO5S. The highest BCUT2D eigenvalue weighted by Gasteiger charge is 2.42. The van der Waals surface area contributed by atoms with Gasteiger partial charge < -0.3 is 19.5 Å². The van der Waals surface area contributed by atoms with Crippen LogP contribution in [-0.4, -0.2) is 26.0 Å². The van der Waals surface area contributed by atoms with Gasteiger partial charge in [-0.15, -0.1) is 11.3 Å². The Morgan fingerprint density at radius 1 is 1.03 bits per heavy atom. The number of carbonyl (C=O) groups is 2. The van der Waals surface area contributed by atoms with E-state index in [9.17, 15) is 9.59 Å². The molecular weight excluding hydrogens is 486 g/mol. The Bertz CT molecular complexity index is 1370. The second kappa shape index (κ2) is 10.6. The van der Waals surface area contributed by atoms with Crippen molar-refractivity contribution < 1.29 is 23.8 Å². The van der Waals surface area contributed by atoms with Gasteiger partial charge in [-0.1, -0.05) is 36.4 Å². The molecule has 2 atom stereocenters. The zero-order chi connectivity index (χ0) is 25.9. The van der Waals surface area contributed by atoms with E-state index in [4.69, 9.17) is 14.2 Å². The third-order valence-corrected chi connectivity index (χ3v) is 7.99. The minimum atomic E-state index is -0.638. The van der Waals surface area contributed by atoms with E-state index in [-0.39, 0.29) is 18.3 Å². The largest absolute Gasteiger partial charge is 0.497 e. The lowest BCUT2D eigenvalue weighted by Gasteiger charge is -2.36. The van der Waals surface area contributed by atoms with Crippen LogP contribution in [-0.2, 0) is 20.9 Å². The number of benzene rings is 2. The number of ketones is 1. The van der Waals surface area contributed by atoms with Gasteiger partial charge in [0.2, 0.25) is 0 Å². The topological polar surface area (TPSA) is 73.9 Å². The lowest BCUT2D eigenvalue weighted by Crippen LogP contribution is -2.36. The number of ether oxygens (including phenoxy) is 3. The van der Waals surface area contributed by atoms with Crippen molar-refractivity contribution in [2.45, 2.75) is 38.2 Å².